The molecule has 5 heteroatoms. The van der Waals surface area contributed by atoms with E-state index in [1.165, 1.54) is 0 Å². The molecule has 0 aromatic rings. The summed E-state index contributed by atoms with van der Waals surface area (Å²) in [5, 5.41) is 3.34. The summed E-state index contributed by atoms with van der Waals surface area (Å²) in [5.41, 5.74) is 0. The summed E-state index contributed by atoms with van der Waals surface area (Å²) in [4.78, 5) is 0. The number of hydrogen-bond acceptors (Lipinski definition) is 3. The zero-order valence-corrected chi connectivity index (χ0v) is 10.5. The molecule has 1 aliphatic rings. The van der Waals surface area contributed by atoms with Crippen LogP contribution in [0.1, 0.15) is 33.1 Å². The van der Waals surface area contributed by atoms with E-state index in [1.54, 1.807) is 11.2 Å². The van der Waals surface area contributed by atoms with Crippen LogP contribution in [-0.4, -0.2) is 44.2 Å². The summed E-state index contributed by atoms with van der Waals surface area (Å²) in [6.45, 7) is 6.04. The maximum absolute atomic E-state index is 11.8. The van der Waals surface area contributed by atoms with Crippen molar-refractivity contribution in [2.45, 2.75) is 39.2 Å². The molecule has 90 valence electrons. The van der Waals surface area contributed by atoms with E-state index in [0.717, 1.165) is 25.8 Å². The van der Waals surface area contributed by atoms with E-state index < -0.39 is 10.0 Å². The van der Waals surface area contributed by atoms with Crippen molar-refractivity contribution in [2.24, 2.45) is 0 Å². The minimum absolute atomic E-state index is 0.208. The van der Waals surface area contributed by atoms with Gasteiger partial charge < -0.3 is 5.32 Å². The average molecular weight is 234 g/mol. The molecular weight excluding hydrogens is 212 g/mol. The molecule has 0 spiro atoms. The van der Waals surface area contributed by atoms with E-state index in [0.29, 0.717) is 19.1 Å². The lowest BCUT2D eigenvalue weighted by Crippen LogP contribution is -2.42. The Morgan fingerprint density at radius 1 is 1.40 bits per heavy atom. The first kappa shape index (κ1) is 12.9. The van der Waals surface area contributed by atoms with E-state index in [9.17, 15) is 8.42 Å². The smallest absolute Gasteiger partial charge is 0.213 e. The van der Waals surface area contributed by atoms with Crippen molar-refractivity contribution in [1.29, 1.82) is 0 Å². The van der Waals surface area contributed by atoms with Crippen LogP contribution in [0.15, 0.2) is 0 Å². The fourth-order valence-electron chi connectivity index (χ4n) is 1.93. The normalized spacial score (nSPS) is 22.5. The van der Waals surface area contributed by atoms with Crippen LogP contribution in [0.2, 0.25) is 0 Å². The third-order valence-corrected chi connectivity index (χ3v) is 4.67. The molecule has 1 atom stereocenters. The van der Waals surface area contributed by atoms with E-state index in [4.69, 9.17) is 0 Å². The number of hydrogen-bond donors (Lipinski definition) is 1. The predicted octanol–water partition coefficient (Wildman–Crippen LogP) is 0.800. The van der Waals surface area contributed by atoms with Gasteiger partial charge in [-0.3, -0.25) is 0 Å². The first-order valence-electron chi connectivity index (χ1n) is 5.81. The quantitative estimate of drug-likeness (QED) is 0.739. The Morgan fingerprint density at radius 3 is 2.60 bits per heavy atom. The molecule has 0 aliphatic carbocycles. The van der Waals surface area contributed by atoms with Crippen molar-refractivity contribution in [1.82, 2.24) is 9.62 Å². The first-order valence-corrected chi connectivity index (χ1v) is 7.42. The monoisotopic (exact) mass is 234 g/mol. The number of nitrogens with one attached hydrogen (secondary N) is 1. The molecule has 4 nitrogen and oxygen atoms in total. The minimum atomic E-state index is -3.02. The molecule has 1 heterocycles. The highest BCUT2D eigenvalue weighted by molar-refractivity contribution is 7.89. The Bertz CT molecular complexity index is 271. The van der Waals surface area contributed by atoms with Crippen molar-refractivity contribution >= 4 is 10.0 Å². The molecule has 1 N–H and O–H groups in total. The number of rotatable bonds is 6. The lowest BCUT2D eigenvalue weighted by molar-refractivity contribution is 0.370. The second-order valence-corrected chi connectivity index (χ2v) is 6.31. The van der Waals surface area contributed by atoms with Crippen molar-refractivity contribution in [2.75, 3.05) is 25.4 Å². The summed E-state index contributed by atoms with van der Waals surface area (Å²) >= 11 is 0. The van der Waals surface area contributed by atoms with Gasteiger partial charge in [-0.25, -0.2) is 12.7 Å². The summed E-state index contributed by atoms with van der Waals surface area (Å²) in [7, 11) is -3.02. The summed E-state index contributed by atoms with van der Waals surface area (Å²) in [6.07, 6.45) is 3.14. The van der Waals surface area contributed by atoms with E-state index in [-0.39, 0.29) is 5.75 Å². The van der Waals surface area contributed by atoms with Gasteiger partial charge in [-0.1, -0.05) is 6.92 Å². The largest absolute Gasteiger partial charge is 0.313 e. The highest BCUT2D eigenvalue weighted by Crippen LogP contribution is 2.10. The molecule has 0 radical (unpaired) electrons. The molecule has 15 heavy (non-hydrogen) atoms. The Kier molecular flexibility index (Phi) is 5.02. The first-order chi connectivity index (χ1) is 7.10. The van der Waals surface area contributed by atoms with Gasteiger partial charge in [-0.2, -0.15) is 0 Å². The lowest BCUT2D eigenvalue weighted by atomic mass is 10.2. The zero-order valence-electron chi connectivity index (χ0n) is 9.70. The minimum Gasteiger partial charge on any atom is -0.313 e. The van der Waals surface area contributed by atoms with Crippen molar-refractivity contribution in [3.05, 3.63) is 0 Å². The molecule has 0 aromatic heterocycles. The van der Waals surface area contributed by atoms with E-state index in [2.05, 4.69) is 5.32 Å². The van der Waals surface area contributed by atoms with E-state index in [1.807, 2.05) is 6.92 Å². The van der Waals surface area contributed by atoms with Crippen LogP contribution in [0.5, 0.6) is 0 Å². The maximum atomic E-state index is 11.8. The van der Waals surface area contributed by atoms with Crippen LogP contribution in [-0.2, 0) is 10.0 Å². The molecule has 1 fully saturated rings. The molecular formula is C10H22N2O2S. The Labute approximate surface area is 93.1 Å². The maximum Gasteiger partial charge on any atom is 0.213 e. The SMILES string of the molecule is CCCN(CC1CCCN1)S(=O)(=O)CC. The highest BCUT2D eigenvalue weighted by Gasteiger charge is 2.24. The van der Waals surface area contributed by atoms with Crippen LogP contribution in [0, 0.1) is 0 Å². The molecule has 1 unspecified atom stereocenters. The standard InChI is InChI=1S/C10H22N2O2S/c1-3-8-12(15(13,14)4-2)9-10-6-5-7-11-10/h10-11H,3-9H2,1-2H3. The lowest BCUT2D eigenvalue weighted by Gasteiger charge is -2.24. The molecule has 1 aliphatic heterocycles. The van der Waals surface area contributed by atoms with Gasteiger partial charge in [0.2, 0.25) is 10.0 Å². The summed E-state index contributed by atoms with van der Waals surface area (Å²) in [6, 6.07) is 0.359. The second kappa shape index (κ2) is 5.82. The topological polar surface area (TPSA) is 49.4 Å². The third-order valence-electron chi connectivity index (χ3n) is 2.82. The molecule has 1 saturated heterocycles. The van der Waals surface area contributed by atoms with Gasteiger partial charge in [0.1, 0.15) is 0 Å². The summed E-state index contributed by atoms with van der Waals surface area (Å²) < 4.78 is 25.2. The molecule has 0 saturated carbocycles. The number of sulfonamides is 1. The molecule has 1 rings (SSSR count). The van der Waals surface area contributed by atoms with Crippen molar-refractivity contribution < 1.29 is 8.42 Å². The molecule has 0 bridgehead atoms. The van der Waals surface area contributed by atoms with Gasteiger partial charge in [-0.05, 0) is 32.7 Å². The van der Waals surface area contributed by atoms with Gasteiger partial charge in [0.25, 0.3) is 0 Å². The van der Waals surface area contributed by atoms with Gasteiger partial charge in [0.15, 0.2) is 0 Å². The Morgan fingerprint density at radius 2 is 2.13 bits per heavy atom. The second-order valence-electron chi connectivity index (χ2n) is 4.05. The Hall–Kier alpha value is -0.130. The number of nitrogens with zero attached hydrogens (tertiary/aromatic N) is 1. The Balaban J connectivity index is 2.57. The molecule has 0 aromatic carbocycles. The highest BCUT2D eigenvalue weighted by atomic mass is 32.2. The van der Waals surface area contributed by atoms with Crippen molar-refractivity contribution in [3.8, 4) is 0 Å². The van der Waals surface area contributed by atoms with Crippen molar-refractivity contribution in [3.63, 3.8) is 0 Å². The van der Waals surface area contributed by atoms with Crippen LogP contribution in [0.4, 0.5) is 0 Å². The fraction of sp³-hybridized carbons (Fsp3) is 1.00. The van der Waals surface area contributed by atoms with Gasteiger partial charge in [-0.15, -0.1) is 0 Å². The fourth-order valence-corrected chi connectivity index (χ4v) is 3.17. The van der Waals surface area contributed by atoms with Gasteiger partial charge >= 0.3 is 0 Å². The van der Waals surface area contributed by atoms with E-state index >= 15 is 0 Å². The van der Waals surface area contributed by atoms with Crippen LogP contribution >= 0.6 is 0 Å². The van der Waals surface area contributed by atoms with Crippen LogP contribution in [0.25, 0.3) is 0 Å². The van der Waals surface area contributed by atoms with Crippen LogP contribution in [0.3, 0.4) is 0 Å². The van der Waals surface area contributed by atoms with Crippen LogP contribution < -0.4 is 5.32 Å². The third kappa shape index (κ3) is 3.74. The molecule has 0 amide bonds. The van der Waals surface area contributed by atoms with Gasteiger partial charge in [0.05, 0.1) is 5.75 Å². The average Bonchev–Trinajstić information content (AvgIpc) is 2.70. The summed E-state index contributed by atoms with van der Waals surface area (Å²) in [5.74, 6) is 0.208. The zero-order chi connectivity index (χ0) is 11.3. The predicted molar refractivity (Wildman–Crippen MR) is 62.3 cm³/mol. The van der Waals surface area contributed by atoms with Gasteiger partial charge in [0, 0.05) is 19.1 Å².